The van der Waals surface area contributed by atoms with Gasteiger partial charge in [-0.25, -0.2) is 14.4 Å². The van der Waals surface area contributed by atoms with Crippen LogP contribution in [0.25, 0.3) is 0 Å². The lowest BCUT2D eigenvalue weighted by Gasteiger charge is -2.67. The van der Waals surface area contributed by atoms with E-state index in [4.69, 9.17) is 33.2 Å². The summed E-state index contributed by atoms with van der Waals surface area (Å²) in [5, 5.41) is 11.8. The number of hydrogen-bond donors (Lipinski definition) is 1. The summed E-state index contributed by atoms with van der Waals surface area (Å²) in [5.74, 6) is -3.55. The molecule has 48 heavy (non-hydrogen) atoms. The molecule has 1 aromatic rings. The van der Waals surface area contributed by atoms with Crippen LogP contribution >= 0.6 is 0 Å². The Hall–Kier alpha value is -4.01. The van der Waals surface area contributed by atoms with Gasteiger partial charge in [-0.3, -0.25) is 9.59 Å². The van der Waals surface area contributed by atoms with Crippen molar-refractivity contribution in [1.29, 1.82) is 0 Å². The number of nitrogens with zero attached hydrogens (tertiary/aromatic N) is 1. The molecule has 5 aliphatic rings. The molecule has 10 atom stereocenters. The van der Waals surface area contributed by atoms with E-state index in [0.29, 0.717) is 5.57 Å². The van der Waals surface area contributed by atoms with Gasteiger partial charge in [0.15, 0.2) is 23.6 Å². The predicted octanol–water partition coefficient (Wildman–Crippen LogP) is 2.59. The number of fused-ring (bicyclic) bond motifs is 4. The summed E-state index contributed by atoms with van der Waals surface area (Å²) in [6.45, 7) is 7.51. The fraction of sp³-hybridized carbons (Fsp3) is 0.618. The Kier molecular flexibility index (Phi) is 7.96. The van der Waals surface area contributed by atoms with E-state index in [1.54, 1.807) is 45.9 Å². The first-order valence-electron chi connectivity index (χ1n) is 15.8. The van der Waals surface area contributed by atoms with E-state index in [-0.39, 0.29) is 24.2 Å². The van der Waals surface area contributed by atoms with Crippen LogP contribution in [0.15, 0.2) is 41.5 Å². The molecule has 0 aromatic heterocycles. The molecule has 6 rings (SSSR count). The Morgan fingerprint density at radius 2 is 1.71 bits per heavy atom. The molecule has 2 saturated heterocycles. The maximum absolute atomic E-state index is 15.3. The first kappa shape index (κ1) is 33.9. The molecule has 2 saturated carbocycles. The van der Waals surface area contributed by atoms with Crippen molar-refractivity contribution in [3.05, 3.63) is 47.0 Å². The van der Waals surface area contributed by atoms with Crippen LogP contribution in [0, 0.1) is 16.7 Å². The van der Waals surface area contributed by atoms with E-state index in [0.717, 1.165) is 0 Å². The number of aliphatic hydroxyl groups excluding tert-OH is 1. The quantitative estimate of drug-likeness (QED) is 0.275. The van der Waals surface area contributed by atoms with Crippen LogP contribution in [-0.2, 0) is 42.7 Å². The van der Waals surface area contributed by atoms with Gasteiger partial charge < -0.3 is 43.2 Å². The Morgan fingerprint density at radius 3 is 2.27 bits per heavy atom. The van der Waals surface area contributed by atoms with Crippen molar-refractivity contribution in [3.63, 3.8) is 0 Å². The van der Waals surface area contributed by atoms with Crippen molar-refractivity contribution in [2.24, 2.45) is 16.7 Å². The number of ketones is 1. The van der Waals surface area contributed by atoms with Gasteiger partial charge in [0.2, 0.25) is 5.60 Å². The van der Waals surface area contributed by atoms with Gasteiger partial charge >= 0.3 is 24.2 Å². The third-order valence-electron chi connectivity index (χ3n) is 11.2. The highest BCUT2D eigenvalue weighted by Crippen LogP contribution is 2.66. The van der Waals surface area contributed by atoms with Crippen LogP contribution in [0.5, 0.6) is 0 Å². The molecule has 1 spiro atoms. The molecule has 1 amide bonds. The highest BCUT2D eigenvalue weighted by Gasteiger charge is 2.83. The van der Waals surface area contributed by atoms with Gasteiger partial charge in [0.1, 0.15) is 24.4 Å². The zero-order valence-electron chi connectivity index (χ0n) is 28.1. The summed E-state index contributed by atoms with van der Waals surface area (Å²) in [6.07, 6.45) is -10.2. The van der Waals surface area contributed by atoms with E-state index >= 15 is 4.79 Å². The molecule has 260 valence electrons. The second-order valence-electron chi connectivity index (χ2n) is 14.1. The van der Waals surface area contributed by atoms with E-state index in [1.165, 1.54) is 45.2 Å². The number of esters is 2. The molecular weight excluding hydrogens is 630 g/mol. The standard InChI is InChI=1S/C34H41NO13/c1-16-21-23(42-8)25(38)32(5)19(44-29(40)35(6)7)14-20-33(15-43-20,47-17(2)36)24(32)27(45-28(39)18-12-10-9-11-13-18)34(31(21,3)4)26(22(16)37)46-30(41)48-34/h9-13,19-20,22-24,26-27,37H,14-15H2,1-8H3/t19-,20+,22+,23+,24-,26-,27-,32+,33-,34+/m0/s1. The topological polar surface area (TPSA) is 173 Å². The molecule has 14 heteroatoms. The van der Waals surface area contributed by atoms with Crippen molar-refractivity contribution in [2.75, 3.05) is 27.8 Å². The van der Waals surface area contributed by atoms with Crippen molar-refractivity contribution in [3.8, 4) is 0 Å². The summed E-state index contributed by atoms with van der Waals surface area (Å²) in [6, 6.07) is 8.04. The first-order valence-corrected chi connectivity index (χ1v) is 15.8. The summed E-state index contributed by atoms with van der Waals surface area (Å²) in [7, 11) is 4.30. The van der Waals surface area contributed by atoms with Crippen molar-refractivity contribution < 1.29 is 62.2 Å². The Balaban J connectivity index is 1.72. The second kappa shape index (κ2) is 11.3. The van der Waals surface area contributed by atoms with Gasteiger partial charge in [-0.05, 0) is 37.1 Å². The zero-order valence-corrected chi connectivity index (χ0v) is 28.1. The van der Waals surface area contributed by atoms with Crippen LogP contribution in [0.2, 0.25) is 0 Å². The van der Waals surface area contributed by atoms with Crippen LogP contribution in [0.3, 0.4) is 0 Å². The lowest BCUT2D eigenvalue weighted by Crippen LogP contribution is -2.83. The third kappa shape index (κ3) is 4.37. The predicted molar refractivity (Wildman–Crippen MR) is 162 cm³/mol. The normalized spacial score (nSPS) is 39.1. The molecule has 2 aliphatic heterocycles. The average Bonchev–Trinajstić information content (AvgIpc) is 3.40. The summed E-state index contributed by atoms with van der Waals surface area (Å²) in [5.41, 5.74) is -6.24. The summed E-state index contributed by atoms with van der Waals surface area (Å²) in [4.78, 5) is 70.1. The Morgan fingerprint density at radius 1 is 1.04 bits per heavy atom. The molecular formula is C34H41NO13. The number of methoxy groups -OCH3 is 1. The molecule has 1 N–H and O–H groups in total. The minimum absolute atomic E-state index is 0.0713. The van der Waals surface area contributed by atoms with Gasteiger partial charge in [0.05, 0.1) is 23.5 Å². The number of aliphatic hydroxyl groups is 1. The van der Waals surface area contributed by atoms with E-state index in [9.17, 15) is 24.3 Å². The Labute approximate surface area is 277 Å². The highest BCUT2D eigenvalue weighted by molar-refractivity contribution is 5.95. The molecule has 2 heterocycles. The maximum atomic E-state index is 15.3. The summed E-state index contributed by atoms with van der Waals surface area (Å²) < 4.78 is 42.4. The van der Waals surface area contributed by atoms with E-state index < -0.39 is 94.5 Å². The monoisotopic (exact) mass is 671 g/mol. The summed E-state index contributed by atoms with van der Waals surface area (Å²) >= 11 is 0. The third-order valence-corrected chi connectivity index (χ3v) is 11.2. The first-order chi connectivity index (χ1) is 22.5. The van der Waals surface area contributed by atoms with E-state index in [1.807, 2.05) is 0 Å². The molecule has 0 unspecified atom stereocenters. The minimum atomic E-state index is -2.03. The zero-order chi connectivity index (χ0) is 35.1. The highest BCUT2D eigenvalue weighted by atomic mass is 16.8. The van der Waals surface area contributed by atoms with Gasteiger partial charge in [-0.15, -0.1) is 0 Å². The number of amides is 1. The Bertz CT molecular complexity index is 1590. The fourth-order valence-electron chi connectivity index (χ4n) is 8.97. The average molecular weight is 672 g/mol. The second-order valence-corrected chi connectivity index (χ2v) is 14.1. The van der Waals surface area contributed by atoms with Gasteiger partial charge in [-0.1, -0.05) is 32.0 Å². The van der Waals surface area contributed by atoms with E-state index in [2.05, 4.69) is 0 Å². The number of carbonyl (C=O) groups excluding carboxylic acids is 5. The van der Waals surface area contributed by atoms with Crippen LogP contribution in [0.4, 0.5) is 9.59 Å². The number of Topliss-reactive ketones (excluding diaryl/α,β-unsaturated/α-hetero) is 1. The minimum Gasteiger partial charge on any atom is -0.454 e. The molecule has 3 aliphatic carbocycles. The molecule has 2 bridgehead atoms. The van der Waals surface area contributed by atoms with Gasteiger partial charge in [-0.2, -0.15) is 0 Å². The lowest BCUT2D eigenvalue weighted by molar-refractivity contribution is -0.345. The SMILES string of the molecule is CO[C@H]1C(=O)[C@]2(C)[C@@H](OC(=O)N(C)C)C[C@H]3OC[C@@]3(OC(C)=O)[C@H]2[C@H](OC(=O)c2ccccc2)[C@]23OC(=O)O[C@H]2[C@H](O)C(C)=C1C3(C)C. The maximum Gasteiger partial charge on any atom is 0.509 e. The number of rotatable bonds is 5. The lowest BCUT2D eigenvalue weighted by atomic mass is 9.44. The number of hydrogen-bond acceptors (Lipinski definition) is 13. The van der Waals surface area contributed by atoms with Crippen LogP contribution in [0.1, 0.15) is 51.4 Å². The molecule has 14 nitrogen and oxygen atoms in total. The van der Waals surface area contributed by atoms with Gasteiger partial charge in [0, 0.05) is 40.0 Å². The molecule has 1 aromatic carbocycles. The largest absolute Gasteiger partial charge is 0.509 e. The van der Waals surface area contributed by atoms with Crippen LogP contribution in [-0.4, -0.2) is 116 Å². The number of benzene rings is 1. The fourth-order valence-corrected chi connectivity index (χ4v) is 8.97. The van der Waals surface area contributed by atoms with Crippen molar-refractivity contribution in [2.45, 2.75) is 88.9 Å². The smallest absolute Gasteiger partial charge is 0.454 e. The van der Waals surface area contributed by atoms with Crippen LogP contribution < -0.4 is 0 Å². The molecule has 0 radical (unpaired) electrons. The number of carbonyl (C=O) groups is 5. The number of ether oxygens (including phenoxy) is 7. The van der Waals surface area contributed by atoms with Crippen molar-refractivity contribution in [1.82, 2.24) is 4.90 Å². The van der Waals surface area contributed by atoms with Crippen molar-refractivity contribution >= 4 is 30.0 Å². The van der Waals surface area contributed by atoms with Gasteiger partial charge in [0.25, 0.3) is 0 Å². The molecule has 4 fully saturated rings.